The van der Waals surface area contributed by atoms with Crippen LogP contribution in [0.3, 0.4) is 0 Å². The maximum atomic E-state index is 15.0. The Labute approximate surface area is 193 Å². The molecule has 11 heteroatoms. The van der Waals surface area contributed by atoms with E-state index >= 15 is 8.78 Å². The van der Waals surface area contributed by atoms with Crippen molar-refractivity contribution in [3.05, 3.63) is 41.0 Å². The molecule has 1 aromatic rings. The lowest BCUT2D eigenvalue weighted by molar-refractivity contribution is -0.136. The molecule has 3 aliphatic heterocycles. The van der Waals surface area contributed by atoms with Crippen molar-refractivity contribution >= 4 is 35.3 Å². The number of fused-ring (bicyclic) bond motifs is 1. The van der Waals surface area contributed by atoms with E-state index in [0.29, 0.717) is 0 Å². The lowest BCUT2D eigenvalue weighted by Gasteiger charge is -2.34. The molecule has 34 heavy (non-hydrogen) atoms. The number of hydrogen-bond acceptors (Lipinski definition) is 6. The fourth-order valence-electron chi connectivity index (χ4n) is 4.17. The lowest BCUT2D eigenvalue weighted by Crippen LogP contribution is -2.54. The molecular formula is C23H23F2N3O6. The van der Waals surface area contributed by atoms with E-state index in [1.165, 1.54) is 24.3 Å². The van der Waals surface area contributed by atoms with Crippen molar-refractivity contribution in [1.29, 1.82) is 0 Å². The van der Waals surface area contributed by atoms with Gasteiger partial charge in [0.1, 0.15) is 11.6 Å². The van der Waals surface area contributed by atoms with Crippen molar-refractivity contribution in [3.8, 4) is 0 Å². The highest BCUT2D eigenvalue weighted by atomic mass is 19.3. The highest BCUT2D eigenvalue weighted by Gasteiger charge is 2.46. The van der Waals surface area contributed by atoms with Crippen LogP contribution in [-0.4, -0.2) is 70.2 Å². The fourth-order valence-corrected chi connectivity index (χ4v) is 4.17. The number of benzene rings is 1. The summed E-state index contributed by atoms with van der Waals surface area (Å²) in [5.74, 6) is -6.19. The molecule has 0 aromatic heterocycles. The predicted octanol–water partition coefficient (Wildman–Crippen LogP) is 2.36. The number of rotatable bonds is 2. The van der Waals surface area contributed by atoms with Crippen LogP contribution in [0.5, 0.6) is 0 Å². The Hall–Kier alpha value is -3.63. The summed E-state index contributed by atoms with van der Waals surface area (Å²) in [5, 5.41) is 2.10. The van der Waals surface area contributed by atoms with Gasteiger partial charge in [-0.25, -0.2) is 4.79 Å². The normalized spacial score (nSPS) is 22.4. The third-order valence-corrected chi connectivity index (χ3v) is 5.70. The largest absolute Gasteiger partial charge is 0.444 e. The van der Waals surface area contributed by atoms with Gasteiger partial charge >= 0.3 is 6.09 Å². The molecule has 5 amide bonds. The number of nitrogens with one attached hydrogen (secondary N) is 1. The summed E-state index contributed by atoms with van der Waals surface area (Å²) in [4.78, 5) is 63.2. The van der Waals surface area contributed by atoms with Crippen molar-refractivity contribution in [1.82, 2.24) is 15.1 Å². The highest BCUT2D eigenvalue weighted by Crippen LogP contribution is 2.38. The number of carbonyl (C=O) groups is 5. The zero-order valence-corrected chi connectivity index (χ0v) is 18.8. The minimum absolute atomic E-state index is 0.00597. The van der Waals surface area contributed by atoms with E-state index in [1.807, 2.05) is 0 Å². The summed E-state index contributed by atoms with van der Waals surface area (Å²) < 4.78 is 35.2. The molecule has 3 heterocycles. The van der Waals surface area contributed by atoms with E-state index in [2.05, 4.69) is 5.32 Å². The number of alkyl halides is 2. The Kier molecular flexibility index (Phi) is 5.53. The molecule has 1 unspecified atom stereocenters. The maximum Gasteiger partial charge on any atom is 0.410 e. The van der Waals surface area contributed by atoms with Crippen LogP contribution >= 0.6 is 0 Å². The summed E-state index contributed by atoms with van der Waals surface area (Å²) >= 11 is 0. The molecule has 4 rings (SSSR count). The molecule has 0 bridgehead atoms. The number of amides is 5. The second-order valence-electron chi connectivity index (χ2n) is 9.39. The summed E-state index contributed by atoms with van der Waals surface area (Å²) in [7, 11) is 0. The van der Waals surface area contributed by atoms with Gasteiger partial charge < -0.3 is 4.74 Å². The smallest absolute Gasteiger partial charge is 0.410 e. The summed E-state index contributed by atoms with van der Waals surface area (Å²) in [6.07, 6.45) is 0.292. The van der Waals surface area contributed by atoms with Gasteiger partial charge in [-0.2, -0.15) is 8.78 Å². The van der Waals surface area contributed by atoms with E-state index in [4.69, 9.17) is 4.74 Å². The monoisotopic (exact) mass is 475 g/mol. The number of imide groups is 2. The molecule has 1 N–H and O–H groups in total. The molecule has 1 saturated heterocycles. The molecule has 0 spiro atoms. The third-order valence-electron chi connectivity index (χ3n) is 5.70. The van der Waals surface area contributed by atoms with Crippen LogP contribution in [0.1, 0.15) is 59.9 Å². The Balaban J connectivity index is 1.60. The number of ether oxygens (including phenoxy) is 1. The lowest BCUT2D eigenvalue weighted by atomic mass is 9.93. The number of nitrogens with zero attached hydrogens (tertiary/aromatic N) is 2. The summed E-state index contributed by atoms with van der Waals surface area (Å²) in [6.45, 7) is 3.88. The van der Waals surface area contributed by atoms with E-state index in [9.17, 15) is 24.0 Å². The average Bonchev–Trinajstić information content (AvgIpc) is 2.96. The summed E-state index contributed by atoms with van der Waals surface area (Å²) in [6, 6.07) is 2.63. The standard InChI is InChI=1S/C23H23F2N3O6/c1-22(2,3)34-21(33)27-9-8-15(23(24,25)11-27)12-4-5-13-14(10-12)20(32)28(19(13)31)16-6-7-17(29)26-18(16)30/h4-5,8,10,16H,6-7,9,11H2,1-3H3,(H,26,29,30). The van der Waals surface area contributed by atoms with Gasteiger partial charge in [-0.05, 0) is 44.9 Å². The first-order valence-corrected chi connectivity index (χ1v) is 10.7. The van der Waals surface area contributed by atoms with E-state index in [1.54, 1.807) is 20.8 Å². The van der Waals surface area contributed by atoms with Crippen LogP contribution in [-0.2, 0) is 14.3 Å². The van der Waals surface area contributed by atoms with Crippen LogP contribution in [0.4, 0.5) is 13.6 Å². The minimum Gasteiger partial charge on any atom is -0.444 e. The van der Waals surface area contributed by atoms with Crippen molar-refractivity contribution in [2.75, 3.05) is 13.1 Å². The number of hydrogen-bond donors (Lipinski definition) is 1. The van der Waals surface area contributed by atoms with Crippen molar-refractivity contribution in [3.63, 3.8) is 0 Å². The molecule has 180 valence electrons. The third kappa shape index (κ3) is 4.17. The van der Waals surface area contributed by atoms with Gasteiger partial charge in [0.25, 0.3) is 17.7 Å². The van der Waals surface area contributed by atoms with Crippen molar-refractivity contribution in [2.45, 2.75) is 51.2 Å². The second-order valence-corrected chi connectivity index (χ2v) is 9.39. The Morgan fingerprint density at radius 3 is 2.41 bits per heavy atom. The quantitative estimate of drug-likeness (QED) is 0.657. The zero-order valence-electron chi connectivity index (χ0n) is 18.8. The van der Waals surface area contributed by atoms with Gasteiger partial charge in [0.2, 0.25) is 11.8 Å². The Bertz CT molecular complexity index is 1150. The molecule has 0 radical (unpaired) electrons. The first-order chi connectivity index (χ1) is 15.8. The molecule has 0 saturated carbocycles. The Morgan fingerprint density at radius 2 is 1.79 bits per heavy atom. The van der Waals surface area contributed by atoms with Crippen molar-refractivity contribution in [2.24, 2.45) is 0 Å². The predicted molar refractivity (Wildman–Crippen MR) is 114 cm³/mol. The van der Waals surface area contributed by atoms with E-state index in [0.717, 1.165) is 9.80 Å². The fraction of sp³-hybridized carbons (Fsp3) is 0.435. The van der Waals surface area contributed by atoms with Crippen molar-refractivity contribution < 1.29 is 37.5 Å². The number of piperidine rings is 1. The SMILES string of the molecule is CC(C)(C)OC(=O)N1CC=C(c2ccc3c(c2)C(=O)N(C2CCC(=O)NC2=O)C3=O)C(F)(F)C1. The van der Waals surface area contributed by atoms with Gasteiger partial charge in [-0.15, -0.1) is 0 Å². The van der Waals surface area contributed by atoms with E-state index < -0.39 is 53.8 Å². The van der Waals surface area contributed by atoms with Gasteiger partial charge in [-0.1, -0.05) is 12.1 Å². The second kappa shape index (κ2) is 8.00. The maximum absolute atomic E-state index is 15.0. The molecule has 1 fully saturated rings. The average molecular weight is 475 g/mol. The van der Waals surface area contributed by atoms with Gasteiger partial charge in [-0.3, -0.25) is 34.3 Å². The van der Waals surface area contributed by atoms with Crippen LogP contribution in [0.15, 0.2) is 24.3 Å². The molecule has 9 nitrogen and oxygen atoms in total. The molecular weight excluding hydrogens is 452 g/mol. The number of halogens is 2. The zero-order chi connectivity index (χ0) is 25.0. The van der Waals surface area contributed by atoms with Gasteiger partial charge in [0.15, 0.2) is 0 Å². The molecule has 1 aromatic carbocycles. The van der Waals surface area contributed by atoms with Crippen LogP contribution < -0.4 is 5.32 Å². The van der Waals surface area contributed by atoms with E-state index in [-0.39, 0.29) is 41.6 Å². The molecule has 1 atom stereocenters. The van der Waals surface area contributed by atoms with Crippen LogP contribution in [0.2, 0.25) is 0 Å². The molecule has 0 aliphatic carbocycles. The Morgan fingerprint density at radius 1 is 1.12 bits per heavy atom. The molecule has 3 aliphatic rings. The van der Waals surface area contributed by atoms with Gasteiger partial charge in [0.05, 0.1) is 17.7 Å². The minimum atomic E-state index is -3.43. The topological polar surface area (TPSA) is 113 Å². The van der Waals surface area contributed by atoms with Crippen LogP contribution in [0.25, 0.3) is 5.57 Å². The summed E-state index contributed by atoms with van der Waals surface area (Å²) in [5.41, 5.74) is -1.29. The first-order valence-electron chi connectivity index (χ1n) is 10.7. The van der Waals surface area contributed by atoms with Gasteiger partial charge in [0, 0.05) is 18.5 Å². The number of carbonyl (C=O) groups excluding carboxylic acids is 5. The highest BCUT2D eigenvalue weighted by molar-refractivity contribution is 6.23. The van der Waals surface area contributed by atoms with Crippen LogP contribution in [0, 0.1) is 0 Å². The first kappa shape index (κ1) is 23.5.